The van der Waals surface area contributed by atoms with Gasteiger partial charge in [-0.25, -0.2) is 0 Å². The van der Waals surface area contributed by atoms with Crippen molar-refractivity contribution < 1.29 is 0 Å². The van der Waals surface area contributed by atoms with Crippen LogP contribution in [0.25, 0.3) is 4.91 Å². The second kappa shape index (κ2) is 5.13. The summed E-state index contributed by atoms with van der Waals surface area (Å²) in [4.78, 5) is 1.13. The third-order valence-corrected chi connectivity index (χ3v) is 2.72. The topological polar surface area (TPSA) is 0 Å². The molecule has 1 aromatic rings. The van der Waals surface area contributed by atoms with E-state index in [4.69, 9.17) is 0 Å². The molecule has 13 heavy (non-hydrogen) atoms. The van der Waals surface area contributed by atoms with Crippen LogP contribution in [0.5, 0.6) is 0 Å². The molecule has 0 saturated heterocycles. The molecule has 0 nitrogen and oxygen atoms in total. The zero-order chi connectivity index (χ0) is 9.68. The van der Waals surface area contributed by atoms with E-state index < -0.39 is 0 Å². The number of allylic oxidation sites excluding steroid dienone is 1. The molecule has 0 unspecified atom stereocenters. The lowest BCUT2D eigenvalue weighted by molar-refractivity contribution is 0.911. The van der Waals surface area contributed by atoms with Crippen LogP contribution in [0, 0.1) is 0 Å². The Morgan fingerprint density at radius 2 is 1.85 bits per heavy atom. The van der Waals surface area contributed by atoms with E-state index in [1.807, 2.05) is 18.2 Å². The van der Waals surface area contributed by atoms with Gasteiger partial charge in [0, 0.05) is 4.91 Å². The molecule has 0 N–H and O–H groups in total. The molecule has 1 heteroatoms. The second-order valence-electron chi connectivity index (χ2n) is 3.24. The first-order valence-corrected chi connectivity index (χ1v) is 5.14. The van der Waals surface area contributed by atoms with Gasteiger partial charge in [0.05, 0.1) is 0 Å². The molecule has 0 atom stereocenters. The Morgan fingerprint density at radius 1 is 1.23 bits per heavy atom. The maximum Gasteiger partial charge on any atom is 0.0102 e. The lowest BCUT2D eigenvalue weighted by atomic mass is 10.1. The van der Waals surface area contributed by atoms with E-state index in [1.165, 1.54) is 17.6 Å². The summed E-state index contributed by atoms with van der Waals surface area (Å²) in [5, 5.41) is 0. The van der Waals surface area contributed by atoms with Crippen molar-refractivity contribution >= 4 is 17.5 Å². The molecule has 0 fully saturated rings. The van der Waals surface area contributed by atoms with Crippen molar-refractivity contribution in [1.29, 1.82) is 0 Å². The van der Waals surface area contributed by atoms with E-state index in [2.05, 4.69) is 38.6 Å². The van der Waals surface area contributed by atoms with E-state index in [0.29, 0.717) is 0 Å². The zero-order valence-electron chi connectivity index (χ0n) is 8.25. The third kappa shape index (κ3) is 2.92. The first-order valence-electron chi connectivity index (χ1n) is 4.69. The van der Waals surface area contributed by atoms with Crippen LogP contribution in [0.3, 0.4) is 0 Å². The Kier molecular flexibility index (Phi) is 4.10. The predicted molar refractivity (Wildman–Crippen MR) is 62.9 cm³/mol. The highest BCUT2D eigenvalue weighted by Gasteiger charge is 1.99. The summed E-state index contributed by atoms with van der Waals surface area (Å²) in [6.45, 7) is 4.34. The summed E-state index contributed by atoms with van der Waals surface area (Å²) >= 11 is 4.53. The monoisotopic (exact) mass is 192 g/mol. The van der Waals surface area contributed by atoms with Crippen molar-refractivity contribution in [3.63, 3.8) is 0 Å². The number of benzene rings is 1. The summed E-state index contributed by atoms with van der Waals surface area (Å²) < 4.78 is 0. The molecule has 0 aliphatic rings. The maximum absolute atomic E-state index is 4.53. The van der Waals surface area contributed by atoms with Crippen LogP contribution in [0.15, 0.2) is 35.9 Å². The Bertz CT molecular complexity index is 285. The van der Waals surface area contributed by atoms with Crippen LogP contribution in [-0.4, -0.2) is 0 Å². The van der Waals surface area contributed by atoms with Gasteiger partial charge >= 0.3 is 0 Å². The molecule has 0 saturated carbocycles. The van der Waals surface area contributed by atoms with Gasteiger partial charge in [-0.2, -0.15) is 0 Å². The minimum Gasteiger partial charge on any atom is -0.143 e. The van der Waals surface area contributed by atoms with E-state index in [-0.39, 0.29) is 0 Å². The Hall–Kier alpha value is -0.690. The first-order chi connectivity index (χ1) is 6.25. The Morgan fingerprint density at radius 3 is 2.38 bits per heavy atom. The fraction of sp³-hybridized carbons (Fsp3) is 0.333. The third-order valence-electron chi connectivity index (χ3n) is 2.08. The van der Waals surface area contributed by atoms with Gasteiger partial charge in [-0.3, -0.25) is 0 Å². The summed E-state index contributed by atoms with van der Waals surface area (Å²) in [6, 6.07) is 10.3. The highest BCUT2D eigenvalue weighted by molar-refractivity contribution is 7.90. The smallest absolute Gasteiger partial charge is 0.0102 e. The summed E-state index contributed by atoms with van der Waals surface area (Å²) in [6.07, 6.45) is 2.32. The molecule has 0 bridgehead atoms. The van der Waals surface area contributed by atoms with Gasteiger partial charge in [0.1, 0.15) is 0 Å². The van der Waals surface area contributed by atoms with Crippen molar-refractivity contribution in [2.75, 3.05) is 0 Å². The van der Waals surface area contributed by atoms with E-state index in [9.17, 15) is 0 Å². The van der Waals surface area contributed by atoms with Crippen LogP contribution in [0.1, 0.15) is 32.3 Å². The molecule has 0 heterocycles. The molecule has 1 rings (SSSR count). The molecule has 0 aliphatic carbocycles. The van der Waals surface area contributed by atoms with Crippen molar-refractivity contribution in [2.45, 2.75) is 26.7 Å². The Balaban J connectivity index is 2.89. The van der Waals surface area contributed by atoms with E-state index in [1.54, 1.807) is 0 Å². The van der Waals surface area contributed by atoms with Crippen LogP contribution >= 0.6 is 12.6 Å². The average molecular weight is 192 g/mol. The molecule has 0 aliphatic heterocycles. The van der Waals surface area contributed by atoms with Crippen molar-refractivity contribution in [2.24, 2.45) is 0 Å². The number of thiol groups is 1. The number of hydrogen-bond donors (Lipinski definition) is 1. The minimum atomic E-state index is 1.13. The highest BCUT2D eigenvalue weighted by Crippen LogP contribution is 2.24. The first kappa shape index (κ1) is 10.4. The molecule has 0 amide bonds. The van der Waals surface area contributed by atoms with E-state index >= 15 is 0 Å². The van der Waals surface area contributed by atoms with Crippen molar-refractivity contribution in [1.82, 2.24) is 0 Å². The van der Waals surface area contributed by atoms with Gasteiger partial charge in [0.2, 0.25) is 0 Å². The SMILES string of the molecule is CCCC(C)=C(S)c1ccccc1. The molecule has 0 spiro atoms. The molecule has 0 radical (unpaired) electrons. The number of rotatable bonds is 3. The number of hydrogen-bond acceptors (Lipinski definition) is 1. The van der Waals surface area contributed by atoms with Gasteiger partial charge < -0.3 is 0 Å². The normalized spacial score (nSPS) is 12.5. The quantitative estimate of drug-likeness (QED) is 0.683. The summed E-state index contributed by atoms with van der Waals surface area (Å²) in [5.74, 6) is 0. The van der Waals surface area contributed by atoms with Crippen molar-refractivity contribution in [3.8, 4) is 0 Å². The molecule has 70 valence electrons. The Labute approximate surface area is 86.1 Å². The predicted octanol–water partition coefficient (Wildman–Crippen LogP) is 4.15. The van der Waals surface area contributed by atoms with Gasteiger partial charge in [-0.1, -0.05) is 49.2 Å². The van der Waals surface area contributed by atoms with Crippen LogP contribution in [0.2, 0.25) is 0 Å². The molecular formula is C12H16S. The molecule has 1 aromatic carbocycles. The lowest BCUT2D eigenvalue weighted by Crippen LogP contribution is -1.82. The fourth-order valence-corrected chi connectivity index (χ4v) is 1.60. The second-order valence-corrected chi connectivity index (χ2v) is 3.69. The van der Waals surface area contributed by atoms with Gasteiger partial charge in [0.25, 0.3) is 0 Å². The summed E-state index contributed by atoms with van der Waals surface area (Å²) in [7, 11) is 0. The fourth-order valence-electron chi connectivity index (χ4n) is 1.34. The van der Waals surface area contributed by atoms with Crippen LogP contribution in [-0.2, 0) is 0 Å². The van der Waals surface area contributed by atoms with Crippen LogP contribution < -0.4 is 0 Å². The van der Waals surface area contributed by atoms with Crippen LogP contribution in [0.4, 0.5) is 0 Å². The standard InChI is InChI=1S/C12H16S/c1-3-7-10(2)12(13)11-8-5-4-6-9-11/h4-6,8-9,13H,3,7H2,1-2H3. The summed E-state index contributed by atoms with van der Waals surface area (Å²) in [5.41, 5.74) is 2.59. The lowest BCUT2D eigenvalue weighted by Gasteiger charge is -2.05. The zero-order valence-corrected chi connectivity index (χ0v) is 9.14. The van der Waals surface area contributed by atoms with Gasteiger partial charge in [-0.05, 0) is 18.9 Å². The highest BCUT2D eigenvalue weighted by atomic mass is 32.1. The largest absolute Gasteiger partial charge is 0.143 e. The van der Waals surface area contributed by atoms with Crippen molar-refractivity contribution in [3.05, 3.63) is 41.5 Å². The minimum absolute atomic E-state index is 1.13. The van der Waals surface area contributed by atoms with E-state index in [0.717, 1.165) is 11.3 Å². The van der Waals surface area contributed by atoms with Gasteiger partial charge in [-0.15, -0.1) is 12.6 Å². The molecular weight excluding hydrogens is 176 g/mol. The van der Waals surface area contributed by atoms with Gasteiger partial charge in [0.15, 0.2) is 0 Å². The molecule has 0 aromatic heterocycles. The maximum atomic E-state index is 4.53. The average Bonchev–Trinajstić information content (AvgIpc) is 2.18.